The van der Waals surface area contributed by atoms with Crippen LogP contribution in [0.5, 0.6) is 0 Å². The molecule has 0 spiro atoms. The van der Waals surface area contributed by atoms with Crippen LogP contribution in [0.15, 0.2) is 36.7 Å². The van der Waals surface area contributed by atoms with Crippen molar-refractivity contribution in [3.63, 3.8) is 0 Å². The minimum absolute atomic E-state index is 0.114. The van der Waals surface area contributed by atoms with Crippen molar-refractivity contribution in [1.82, 2.24) is 15.3 Å². The predicted octanol–water partition coefficient (Wildman–Crippen LogP) is 2.20. The zero-order chi connectivity index (χ0) is 13.8. The van der Waals surface area contributed by atoms with Gasteiger partial charge < -0.3 is 11.1 Å². The van der Waals surface area contributed by atoms with Gasteiger partial charge in [0.2, 0.25) is 0 Å². The molecule has 0 bridgehead atoms. The molecule has 0 aliphatic heterocycles. The summed E-state index contributed by atoms with van der Waals surface area (Å²) in [4.78, 5) is 19.7. The average molecular weight is 277 g/mol. The summed E-state index contributed by atoms with van der Waals surface area (Å²) in [5.41, 5.74) is 6.68. The fraction of sp³-hybridized carbons (Fsp3) is 0.154. The highest BCUT2D eigenvalue weighted by Crippen LogP contribution is 2.16. The van der Waals surface area contributed by atoms with Crippen molar-refractivity contribution in [1.29, 1.82) is 0 Å². The second-order valence-corrected chi connectivity index (χ2v) is 4.47. The minimum Gasteiger partial charge on any atom is -0.382 e. The third kappa shape index (κ3) is 3.20. The lowest BCUT2D eigenvalue weighted by Gasteiger charge is -2.14. The number of amides is 1. The molecule has 1 amide bonds. The van der Waals surface area contributed by atoms with Crippen molar-refractivity contribution in [3.05, 3.63) is 52.9 Å². The molecule has 19 heavy (non-hydrogen) atoms. The summed E-state index contributed by atoms with van der Waals surface area (Å²) >= 11 is 5.82. The molecule has 6 heteroatoms. The maximum absolute atomic E-state index is 12.0. The van der Waals surface area contributed by atoms with E-state index in [1.165, 1.54) is 12.4 Å². The summed E-state index contributed by atoms with van der Waals surface area (Å²) in [6.07, 6.45) is 2.87. The standard InChI is InChI=1S/C13H13ClN4O/c1-8(9-2-4-10(14)5-3-9)18-13(19)11-12(15)17-7-6-16-11/h2-8H,1H3,(H2,15,17)(H,18,19). The van der Waals surface area contributed by atoms with Crippen LogP contribution in [0.25, 0.3) is 0 Å². The first-order valence-corrected chi connectivity index (χ1v) is 6.08. The van der Waals surface area contributed by atoms with Crippen molar-refractivity contribution in [2.75, 3.05) is 5.73 Å². The minimum atomic E-state index is -0.354. The lowest BCUT2D eigenvalue weighted by molar-refractivity contribution is 0.0935. The monoisotopic (exact) mass is 276 g/mol. The van der Waals surface area contributed by atoms with E-state index in [4.69, 9.17) is 17.3 Å². The smallest absolute Gasteiger partial charge is 0.274 e. The van der Waals surface area contributed by atoms with Crippen molar-refractivity contribution >= 4 is 23.3 Å². The number of rotatable bonds is 3. The molecular formula is C13H13ClN4O. The Kier molecular flexibility index (Phi) is 3.97. The predicted molar refractivity (Wildman–Crippen MR) is 73.8 cm³/mol. The van der Waals surface area contributed by atoms with E-state index in [2.05, 4.69) is 15.3 Å². The number of carbonyl (C=O) groups excluding carboxylic acids is 1. The van der Waals surface area contributed by atoms with Gasteiger partial charge in [-0.05, 0) is 24.6 Å². The van der Waals surface area contributed by atoms with Crippen molar-refractivity contribution in [3.8, 4) is 0 Å². The van der Waals surface area contributed by atoms with Gasteiger partial charge in [-0.15, -0.1) is 0 Å². The number of nitrogens with two attached hydrogens (primary N) is 1. The van der Waals surface area contributed by atoms with Gasteiger partial charge in [-0.2, -0.15) is 0 Å². The lowest BCUT2D eigenvalue weighted by Crippen LogP contribution is -2.28. The molecule has 0 radical (unpaired) electrons. The summed E-state index contributed by atoms with van der Waals surface area (Å²) in [6, 6.07) is 7.08. The van der Waals surface area contributed by atoms with Crippen molar-refractivity contribution in [2.45, 2.75) is 13.0 Å². The van der Waals surface area contributed by atoms with Gasteiger partial charge in [0.1, 0.15) is 0 Å². The van der Waals surface area contributed by atoms with E-state index in [9.17, 15) is 4.79 Å². The number of aromatic nitrogens is 2. The van der Waals surface area contributed by atoms with Crippen LogP contribution in [0.4, 0.5) is 5.82 Å². The van der Waals surface area contributed by atoms with E-state index >= 15 is 0 Å². The first-order valence-electron chi connectivity index (χ1n) is 5.70. The molecule has 0 fully saturated rings. The first kappa shape index (κ1) is 13.3. The molecule has 0 saturated carbocycles. The van der Waals surface area contributed by atoms with Gasteiger partial charge in [-0.3, -0.25) is 4.79 Å². The summed E-state index contributed by atoms with van der Waals surface area (Å²) in [6.45, 7) is 1.87. The maximum atomic E-state index is 12.0. The molecule has 1 unspecified atom stereocenters. The van der Waals surface area contributed by atoms with Gasteiger partial charge >= 0.3 is 0 Å². The van der Waals surface area contributed by atoms with Crippen LogP contribution in [-0.4, -0.2) is 15.9 Å². The largest absolute Gasteiger partial charge is 0.382 e. The molecule has 0 aliphatic carbocycles. The van der Waals surface area contributed by atoms with Gasteiger partial charge in [-0.1, -0.05) is 23.7 Å². The van der Waals surface area contributed by atoms with Gasteiger partial charge in [-0.25, -0.2) is 9.97 Å². The summed E-state index contributed by atoms with van der Waals surface area (Å²) < 4.78 is 0. The fourth-order valence-electron chi connectivity index (χ4n) is 1.62. The quantitative estimate of drug-likeness (QED) is 0.900. The van der Waals surface area contributed by atoms with E-state index in [1.54, 1.807) is 12.1 Å². The molecule has 1 aromatic heterocycles. The van der Waals surface area contributed by atoms with Crippen molar-refractivity contribution < 1.29 is 4.79 Å². The van der Waals surface area contributed by atoms with Crippen LogP contribution < -0.4 is 11.1 Å². The van der Waals surface area contributed by atoms with Crippen LogP contribution in [-0.2, 0) is 0 Å². The van der Waals surface area contributed by atoms with Gasteiger partial charge in [0, 0.05) is 17.4 Å². The fourth-order valence-corrected chi connectivity index (χ4v) is 1.75. The third-order valence-electron chi connectivity index (χ3n) is 2.66. The second-order valence-electron chi connectivity index (χ2n) is 4.04. The van der Waals surface area contributed by atoms with E-state index in [0.717, 1.165) is 5.56 Å². The molecule has 1 aromatic carbocycles. The van der Waals surface area contributed by atoms with E-state index < -0.39 is 0 Å². The van der Waals surface area contributed by atoms with E-state index in [0.29, 0.717) is 5.02 Å². The highest BCUT2D eigenvalue weighted by Gasteiger charge is 2.15. The number of anilines is 1. The number of hydrogen-bond acceptors (Lipinski definition) is 4. The SMILES string of the molecule is CC(NC(=O)c1nccnc1N)c1ccc(Cl)cc1. The maximum Gasteiger partial charge on any atom is 0.274 e. The number of hydrogen-bond donors (Lipinski definition) is 2. The summed E-state index contributed by atoms with van der Waals surface area (Å²) in [5.74, 6) is -0.239. The first-order chi connectivity index (χ1) is 9.08. The normalized spacial score (nSPS) is 11.9. The average Bonchev–Trinajstić information content (AvgIpc) is 2.39. The zero-order valence-electron chi connectivity index (χ0n) is 10.3. The molecule has 1 atom stereocenters. The molecule has 0 saturated heterocycles. The third-order valence-corrected chi connectivity index (χ3v) is 2.91. The van der Waals surface area contributed by atoms with E-state index in [1.807, 2.05) is 19.1 Å². The van der Waals surface area contributed by atoms with Crippen LogP contribution >= 0.6 is 11.6 Å². The van der Waals surface area contributed by atoms with Crippen LogP contribution in [0, 0.1) is 0 Å². The van der Waals surface area contributed by atoms with Gasteiger partial charge in [0.15, 0.2) is 11.5 Å². The van der Waals surface area contributed by atoms with Crippen LogP contribution in [0.3, 0.4) is 0 Å². The Labute approximate surface area is 115 Å². The summed E-state index contributed by atoms with van der Waals surface area (Å²) in [5, 5.41) is 3.46. The molecule has 5 nitrogen and oxygen atoms in total. The Morgan fingerprint density at radius 2 is 1.89 bits per heavy atom. The van der Waals surface area contributed by atoms with E-state index in [-0.39, 0.29) is 23.5 Å². The Balaban J connectivity index is 2.11. The molecular weight excluding hydrogens is 264 g/mol. The van der Waals surface area contributed by atoms with Crippen LogP contribution in [0.1, 0.15) is 29.0 Å². The Morgan fingerprint density at radius 1 is 1.26 bits per heavy atom. The van der Waals surface area contributed by atoms with Gasteiger partial charge in [0.25, 0.3) is 5.91 Å². The Hall–Kier alpha value is -2.14. The van der Waals surface area contributed by atoms with Crippen molar-refractivity contribution in [2.24, 2.45) is 0 Å². The second kappa shape index (κ2) is 5.67. The highest BCUT2D eigenvalue weighted by molar-refractivity contribution is 6.30. The number of benzene rings is 1. The van der Waals surface area contributed by atoms with Crippen LogP contribution in [0.2, 0.25) is 5.02 Å². The zero-order valence-corrected chi connectivity index (χ0v) is 11.1. The molecule has 3 N–H and O–H groups in total. The highest BCUT2D eigenvalue weighted by atomic mass is 35.5. The number of halogens is 1. The number of nitrogens with one attached hydrogen (secondary N) is 1. The molecule has 1 heterocycles. The lowest BCUT2D eigenvalue weighted by atomic mass is 10.1. The number of nitrogens with zero attached hydrogens (tertiary/aromatic N) is 2. The molecule has 2 rings (SSSR count). The number of nitrogen functional groups attached to an aromatic ring is 1. The molecule has 98 valence electrons. The molecule has 0 aliphatic rings. The Morgan fingerprint density at radius 3 is 2.53 bits per heavy atom. The topological polar surface area (TPSA) is 80.9 Å². The molecule has 2 aromatic rings. The number of carbonyl (C=O) groups is 1. The van der Waals surface area contributed by atoms with Gasteiger partial charge in [0.05, 0.1) is 6.04 Å². The summed E-state index contributed by atoms with van der Waals surface area (Å²) in [7, 11) is 0. The Bertz CT molecular complexity index is 585.